The molecule has 0 aliphatic carbocycles. The van der Waals surface area contributed by atoms with Crippen molar-refractivity contribution in [3.05, 3.63) is 58.3 Å². The maximum absolute atomic E-state index is 11.7. The summed E-state index contributed by atoms with van der Waals surface area (Å²) in [4.78, 5) is 18.8. The molecule has 1 fully saturated rings. The van der Waals surface area contributed by atoms with E-state index in [4.69, 9.17) is 16.6 Å². The fourth-order valence-corrected chi connectivity index (χ4v) is 4.84. The van der Waals surface area contributed by atoms with Gasteiger partial charge in [-0.2, -0.15) is 9.61 Å². The van der Waals surface area contributed by atoms with Gasteiger partial charge in [0.1, 0.15) is 11.6 Å². The van der Waals surface area contributed by atoms with Crippen molar-refractivity contribution in [2.24, 2.45) is 5.92 Å². The van der Waals surface area contributed by atoms with E-state index in [1.54, 1.807) is 6.20 Å². The highest BCUT2D eigenvalue weighted by atomic mass is 79.9. The van der Waals surface area contributed by atoms with Crippen LogP contribution in [-0.2, 0) is 4.79 Å². The summed E-state index contributed by atoms with van der Waals surface area (Å²) in [5, 5.41) is 8.76. The van der Waals surface area contributed by atoms with E-state index in [2.05, 4.69) is 37.8 Å². The van der Waals surface area contributed by atoms with Gasteiger partial charge in [0.2, 0.25) is 0 Å². The maximum atomic E-state index is 11.7. The van der Waals surface area contributed by atoms with Crippen molar-refractivity contribution in [2.45, 2.75) is 39.0 Å². The summed E-state index contributed by atoms with van der Waals surface area (Å²) in [5.74, 6) is 1.65. The van der Waals surface area contributed by atoms with Gasteiger partial charge in [-0.1, -0.05) is 43.3 Å². The van der Waals surface area contributed by atoms with Gasteiger partial charge in [0.15, 0.2) is 5.65 Å². The average molecular weight is 531 g/mol. The summed E-state index contributed by atoms with van der Waals surface area (Å²) < 4.78 is 2.65. The van der Waals surface area contributed by atoms with Crippen molar-refractivity contribution in [1.29, 1.82) is 0 Å². The second-order valence-corrected chi connectivity index (χ2v) is 9.79. The third-order valence-corrected chi connectivity index (χ3v) is 7.09. The van der Waals surface area contributed by atoms with Crippen LogP contribution < -0.4 is 5.32 Å². The maximum Gasteiger partial charge on any atom is 0.172 e. The number of aromatic nitrogens is 3. The van der Waals surface area contributed by atoms with Crippen LogP contribution in [0.2, 0.25) is 5.02 Å². The van der Waals surface area contributed by atoms with E-state index >= 15 is 0 Å². The van der Waals surface area contributed by atoms with E-state index < -0.39 is 0 Å². The Morgan fingerprint density at radius 2 is 2.15 bits per heavy atom. The van der Waals surface area contributed by atoms with E-state index in [-0.39, 0.29) is 0 Å². The SMILES string of the molecule is C=C(CCC(=O)CC)N1CCCC(CNc2cc(-c3ccccc3Cl)nc3c(Br)cnn23)C1. The Balaban J connectivity index is 1.48. The molecule has 1 N–H and O–H groups in total. The highest BCUT2D eigenvalue weighted by Gasteiger charge is 2.22. The number of benzene rings is 1. The fraction of sp³-hybridized carbons (Fsp3) is 0.400. The van der Waals surface area contributed by atoms with Gasteiger partial charge < -0.3 is 10.2 Å². The molecule has 1 aliphatic heterocycles. The minimum absolute atomic E-state index is 0.299. The topological polar surface area (TPSA) is 62.5 Å². The van der Waals surface area contributed by atoms with Gasteiger partial charge in [0, 0.05) is 54.8 Å². The van der Waals surface area contributed by atoms with Crippen LogP contribution in [-0.4, -0.2) is 44.9 Å². The molecule has 4 rings (SSSR count). The summed E-state index contributed by atoms with van der Waals surface area (Å²) in [7, 11) is 0. The smallest absolute Gasteiger partial charge is 0.172 e. The molecule has 1 saturated heterocycles. The predicted molar refractivity (Wildman–Crippen MR) is 138 cm³/mol. The third kappa shape index (κ3) is 5.58. The number of likely N-dealkylation sites (tertiary alicyclic amines) is 1. The number of anilines is 1. The summed E-state index contributed by atoms with van der Waals surface area (Å²) in [5.41, 5.74) is 3.51. The zero-order chi connectivity index (χ0) is 23.4. The second-order valence-electron chi connectivity index (χ2n) is 8.53. The molecule has 8 heteroatoms. The first-order valence-electron chi connectivity index (χ1n) is 11.4. The number of carbonyl (C=O) groups excluding carboxylic acids is 1. The standard InChI is InChI=1S/C25H29BrClN5O/c1-3-19(33)11-10-17(2)31-12-6-7-18(16-31)14-28-24-13-23(20-8-4-5-9-22(20)27)30-25-21(26)15-29-32(24)25/h4-5,8-9,13,15,18,28H,2-3,6-7,10-12,14,16H2,1H3. The predicted octanol–water partition coefficient (Wildman–Crippen LogP) is 6.21. The number of ketones is 1. The van der Waals surface area contributed by atoms with E-state index in [1.807, 2.05) is 41.8 Å². The molecule has 1 unspecified atom stereocenters. The Hall–Kier alpha value is -2.38. The average Bonchev–Trinajstić information content (AvgIpc) is 3.22. The van der Waals surface area contributed by atoms with Gasteiger partial charge in [0.25, 0.3) is 0 Å². The van der Waals surface area contributed by atoms with E-state index in [0.29, 0.717) is 29.6 Å². The van der Waals surface area contributed by atoms with Crippen molar-refractivity contribution in [2.75, 3.05) is 25.0 Å². The van der Waals surface area contributed by atoms with E-state index in [9.17, 15) is 4.79 Å². The summed E-state index contributed by atoms with van der Waals surface area (Å²) in [6.07, 6.45) is 5.97. The number of nitrogens with zero attached hydrogens (tertiary/aromatic N) is 4. The minimum Gasteiger partial charge on any atom is -0.375 e. The number of nitrogens with one attached hydrogen (secondary N) is 1. The molecule has 33 heavy (non-hydrogen) atoms. The number of fused-ring (bicyclic) bond motifs is 1. The molecule has 174 valence electrons. The lowest BCUT2D eigenvalue weighted by atomic mass is 9.97. The number of piperidine rings is 1. The number of rotatable bonds is 9. The molecule has 1 atom stereocenters. The number of hydrogen-bond acceptors (Lipinski definition) is 5. The largest absolute Gasteiger partial charge is 0.375 e. The van der Waals surface area contributed by atoms with Crippen molar-refractivity contribution in [1.82, 2.24) is 19.5 Å². The van der Waals surface area contributed by atoms with Crippen LogP contribution in [0.3, 0.4) is 0 Å². The van der Waals surface area contributed by atoms with Gasteiger partial charge in [-0.3, -0.25) is 4.79 Å². The molecule has 6 nitrogen and oxygen atoms in total. The molecule has 2 aromatic heterocycles. The molecule has 0 bridgehead atoms. The van der Waals surface area contributed by atoms with Crippen molar-refractivity contribution >= 4 is 44.8 Å². The number of allylic oxidation sites excluding steroid dienone is 1. The van der Waals surface area contributed by atoms with Gasteiger partial charge >= 0.3 is 0 Å². The van der Waals surface area contributed by atoms with Crippen LogP contribution in [0.1, 0.15) is 39.0 Å². The monoisotopic (exact) mass is 529 g/mol. The number of halogens is 2. The first-order chi connectivity index (χ1) is 16.0. The van der Waals surface area contributed by atoms with Crippen LogP contribution in [0, 0.1) is 5.92 Å². The lowest BCUT2D eigenvalue weighted by Crippen LogP contribution is -2.37. The Kier molecular flexibility index (Phi) is 7.71. The zero-order valence-electron chi connectivity index (χ0n) is 18.9. The molecule has 0 spiro atoms. The molecule has 0 amide bonds. The van der Waals surface area contributed by atoms with Crippen molar-refractivity contribution < 1.29 is 4.79 Å². The normalized spacial score (nSPS) is 16.2. The zero-order valence-corrected chi connectivity index (χ0v) is 21.2. The highest BCUT2D eigenvalue weighted by Crippen LogP contribution is 2.31. The van der Waals surface area contributed by atoms with E-state index in [0.717, 1.165) is 71.8 Å². The molecule has 3 heterocycles. The Labute approximate surface area is 208 Å². The Morgan fingerprint density at radius 1 is 1.33 bits per heavy atom. The van der Waals surface area contributed by atoms with Crippen molar-refractivity contribution in [3.63, 3.8) is 0 Å². The van der Waals surface area contributed by atoms with Crippen LogP contribution in [0.4, 0.5) is 5.82 Å². The number of carbonyl (C=O) groups is 1. The van der Waals surface area contributed by atoms with Crippen LogP contribution >= 0.6 is 27.5 Å². The molecule has 1 aliphatic rings. The van der Waals surface area contributed by atoms with Gasteiger partial charge in [-0.15, -0.1) is 0 Å². The summed E-state index contributed by atoms with van der Waals surface area (Å²) in [6, 6.07) is 9.73. The van der Waals surface area contributed by atoms with Crippen LogP contribution in [0.15, 0.2) is 53.3 Å². The van der Waals surface area contributed by atoms with Crippen molar-refractivity contribution in [3.8, 4) is 11.3 Å². The Bertz CT molecular complexity index is 1160. The summed E-state index contributed by atoms with van der Waals surface area (Å²) in [6.45, 7) is 8.94. The first-order valence-corrected chi connectivity index (χ1v) is 12.6. The quantitative estimate of drug-likeness (QED) is 0.356. The lowest BCUT2D eigenvalue weighted by Gasteiger charge is -2.36. The molecule has 0 saturated carbocycles. The Morgan fingerprint density at radius 3 is 2.94 bits per heavy atom. The van der Waals surface area contributed by atoms with Crippen LogP contribution in [0.25, 0.3) is 16.9 Å². The first kappa shape index (κ1) is 23.8. The summed E-state index contributed by atoms with van der Waals surface area (Å²) >= 11 is 10.0. The van der Waals surface area contributed by atoms with Gasteiger partial charge in [-0.05, 0) is 47.2 Å². The van der Waals surface area contributed by atoms with Gasteiger partial charge in [0.05, 0.1) is 16.4 Å². The fourth-order valence-electron chi connectivity index (χ4n) is 4.26. The lowest BCUT2D eigenvalue weighted by molar-refractivity contribution is -0.118. The molecule has 0 radical (unpaired) electrons. The molecular formula is C25H29BrClN5O. The van der Waals surface area contributed by atoms with Crippen LogP contribution in [0.5, 0.6) is 0 Å². The highest BCUT2D eigenvalue weighted by molar-refractivity contribution is 9.10. The number of hydrogen-bond donors (Lipinski definition) is 1. The number of Topliss-reactive ketones (excluding diaryl/α,β-unsaturated/α-hetero) is 1. The second kappa shape index (κ2) is 10.7. The third-order valence-electron chi connectivity index (χ3n) is 6.20. The van der Waals surface area contributed by atoms with Gasteiger partial charge in [-0.25, -0.2) is 4.98 Å². The van der Waals surface area contributed by atoms with E-state index in [1.165, 1.54) is 0 Å². The molecule has 1 aromatic carbocycles. The minimum atomic E-state index is 0.299. The molecular weight excluding hydrogens is 502 g/mol. The molecule has 3 aromatic rings.